The van der Waals surface area contributed by atoms with Crippen LogP contribution in [0.2, 0.25) is 0 Å². The van der Waals surface area contributed by atoms with Crippen LogP contribution in [0.15, 0.2) is 12.3 Å². The third kappa shape index (κ3) is 2.39. The first-order chi connectivity index (χ1) is 7.69. The van der Waals surface area contributed by atoms with E-state index in [1.807, 2.05) is 13.1 Å². The van der Waals surface area contributed by atoms with Gasteiger partial charge in [0.25, 0.3) is 0 Å². The highest BCUT2D eigenvalue weighted by molar-refractivity contribution is 5.70. The molecule has 1 N–H and O–H groups in total. The van der Waals surface area contributed by atoms with E-state index in [4.69, 9.17) is 4.74 Å². The van der Waals surface area contributed by atoms with Crippen molar-refractivity contribution >= 4 is 11.2 Å². The number of rotatable bonds is 4. The summed E-state index contributed by atoms with van der Waals surface area (Å²) in [4.78, 5) is 12.0. The minimum atomic E-state index is 0.464. The molecule has 0 saturated carbocycles. The predicted molar refractivity (Wildman–Crippen MR) is 63.4 cm³/mol. The molecule has 4 heteroatoms. The van der Waals surface area contributed by atoms with Gasteiger partial charge in [-0.3, -0.25) is 0 Å². The summed E-state index contributed by atoms with van der Waals surface area (Å²) < 4.78 is 5.11. The van der Waals surface area contributed by atoms with Crippen molar-refractivity contribution < 1.29 is 4.74 Å². The molecule has 2 aromatic heterocycles. The molecule has 0 aliphatic rings. The molecule has 0 fully saturated rings. The molecule has 0 saturated heterocycles. The Morgan fingerprint density at radius 1 is 1.50 bits per heavy atom. The molecule has 16 heavy (non-hydrogen) atoms. The number of aryl methyl sites for hydroxylation is 1. The number of aromatic amines is 1. The topological polar surface area (TPSA) is 50.8 Å². The molecule has 1 atom stereocenters. The van der Waals surface area contributed by atoms with Gasteiger partial charge in [0.1, 0.15) is 5.82 Å². The third-order valence-electron chi connectivity index (χ3n) is 2.52. The molecule has 1 unspecified atom stereocenters. The van der Waals surface area contributed by atoms with Crippen molar-refractivity contribution in [2.75, 3.05) is 13.7 Å². The van der Waals surface area contributed by atoms with Crippen LogP contribution in [0.1, 0.15) is 18.3 Å². The first kappa shape index (κ1) is 11.1. The maximum Gasteiger partial charge on any atom is 0.177 e. The number of H-pyrrole nitrogens is 1. The average molecular weight is 219 g/mol. The summed E-state index contributed by atoms with van der Waals surface area (Å²) in [5.41, 5.74) is 2.96. The summed E-state index contributed by atoms with van der Waals surface area (Å²) in [5, 5.41) is 0. The van der Waals surface area contributed by atoms with Crippen molar-refractivity contribution in [1.82, 2.24) is 15.0 Å². The van der Waals surface area contributed by atoms with E-state index in [1.54, 1.807) is 7.11 Å². The molecular formula is C12H17N3O. The van der Waals surface area contributed by atoms with Gasteiger partial charge in [0, 0.05) is 26.3 Å². The first-order valence-corrected chi connectivity index (χ1v) is 5.49. The standard InChI is InChI=1S/C12H17N3O/c1-8-4-10-12(13-6-8)15-11(14-10)5-9(2)7-16-3/h4,6,9H,5,7H2,1-3H3,(H,13,14,15). The lowest BCUT2D eigenvalue weighted by molar-refractivity contribution is 0.159. The Labute approximate surface area is 95.1 Å². The molecule has 0 spiro atoms. The van der Waals surface area contributed by atoms with Gasteiger partial charge in [-0.05, 0) is 24.5 Å². The second-order valence-electron chi connectivity index (χ2n) is 4.33. The van der Waals surface area contributed by atoms with Crippen LogP contribution < -0.4 is 0 Å². The van der Waals surface area contributed by atoms with Gasteiger partial charge in [-0.25, -0.2) is 9.97 Å². The van der Waals surface area contributed by atoms with Crippen molar-refractivity contribution in [3.8, 4) is 0 Å². The lowest BCUT2D eigenvalue weighted by atomic mass is 10.1. The smallest absolute Gasteiger partial charge is 0.177 e. The van der Waals surface area contributed by atoms with E-state index in [0.29, 0.717) is 5.92 Å². The largest absolute Gasteiger partial charge is 0.384 e. The number of hydrogen-bond donors (Lipinski definition) is 1. The highest BCUT2D eigenvalue weighted by Gasteiger charge is 2.08. The van der Waals surface area contributed by atoms with Crippen LogP contribution in [0.4, 0.5) is 0 Å². The Morgan fingerprint density at radius 3 is 3.06 bits per heavy atom. The molecule has 86 valence electrons. The lowest BCUT2D eigenvalue weighted by Crippen LogP contribution is -2.07. The van der Waals surface area contributed by atoms with Crippen LogP contribution in [0.25, 0.3) is 11.2 Å². The summed E-state index contributed by atoms with van der Waals surface area (Å²) in [6.07, 6.45) is 2.73. The molecule has 4 nitrogen and oxygen atoms in total. The normalized spacial score (nSPS) is 13.2. The second kappa shape index (κ2) is 4.61. The Morgan fingerprint density at radius 2 is 2.31 bits per heavy atom. The van der Waals surface area contributed by atoms with E-state index < -0.39 is 0 Å². The van der Waals surface area contributed by atoms with Gasteiger partial charge in [-0.2, -0.15) is 0 Å². The Bertz CT molecular complexity index is 478. The van der Waals surface area contributed by atoms with Crippen molar-refractivity contribution in [2.24, 2.45) is 5.92 Å². The molecule has 0 bridgehead atoms. The van der Waals surface area contributed by atoms with Gasteiger partial charge in [0.15, 0.2) is 5.65 Å². The summed E-state index contributed by atoms with van der Waals surface area (Å²) >= 11 is 0. The molecule has 0 aliphatic carbocycles. The fourth-order valence-corrected chi connectivity index (χ4v) is 1.82. The Balaban J connectivity index is 2.19. The maximum absolute atomic E-state index is 5.11. The van der Waals surface area contributed by atoms with E-state index in [-0.39, 0.29) is 0 Å². The molecule has 0 aromatic carbocycles. The molecule has 2 aromatic rings. The number of imidazole rings is 1. The van der Waals surface area contributed by atoms with Gasteiger partial charge in [0.05, 0.1) is 5.52 Å². The van der Waals surface area contributed by atoms with Gasteiger partial charge in [-0.1, -0.05) is 6.92 Å². The van der Waals surface area contributed by atoms with Gasteiger partial charge < -0.3 is 9.72 Å². The molecule has 2 rings (SSSR count). The number of ether oxygens (including phenoxy) is 1. The summed E-state index contributed by atoms with van der Waals surface area (Å²) in [7, 11) is 1.72. The summed E-state index contributed by atoms with van der Waals surface area (Å²) in [6.45, 7) is 4.93. The zero-order valence-electron chi connectivity index (χ0n) is 9.95. The lowest BCUT2D eigenvalue weighted by Gasteiger charge is -2.06. The van der Waals surface area contributed by atoms with Gasteiger partial charge in [-0.15, -0.1) is 0 Å². The number of nitrogens with zero attached hydrogens (tertiary/aromatic N) is 2. The van der Waals surface area contributed by atoms with E-state index in [2.05, 4.69) is 27.9 Å². The molecule has 0 radical (unpaired) electrons. The third-order valence-corrected chi connectivity index (χ3v) is 2.52. The zero-order valence-corrected chi connectivity index (χ0v) is 9.95. The van der Waals surface area contributed by atoms with Gasteiger partial charge >= 0.3 is 0 Å². The van der Waals surface area contributed by atoms with Crippen LogP contribution in [-0.2, 0) is 11.2 Å². The summed E-state index contributed by atoms with van der Waals surface area (Å²) in [5.74, 6) is 1.45. The van der Waals surface area contributed by atoms with E-state index >= 15 is 0 Å². The second-order valence-corrected chi connectivity index (χ2v) is 4.33. The fraction of sp³-hybridized carbons (Fsp3) is 0.500. The van der Waals surface area contributed by atoms with E-state index in [9.17, 15) is 0 Å². The zero-order chi connectivity index (χ0) is 11.5. The Kier molecular flexibility index (Phi) is 3.19. The van der Waals surface area contributed by atoms with Crippen LogP contribution in [0.5, 0.6) is 0 Å². The SMILES string of the molecule is COCC(C)Cc1nc2ncc(C)cc2[nH]1. The predicted octanol–water partition coefficient (Wildman–Crippen LogP) is 2.09. The first-order valence-electron chi connectivity index (χ1n) is 5.49. The monoisotopic (exact) mass is 219 g/mol. The van der Waals surface area contributed by atoms with Crippen LogP contribution in [0.3, 0.4) is 0 Å². The fourth-order valence-electron chi connectivity index (χ4n) is 1.82. The highest BCUT2D eigenvalue weighted by atomic mass is 16.5. The molecule has 0 amide bonds. The number of nitrogens with one attached hydrogen (secondary N) is 1. The highest BCUT2D eigenvalue weighted by Crippen LogP contribution is 2.13. The average Bonchev–Trinajstić information content (AvgIpc) is 2.59. The van der Waals surface area contributed by atoms with Crippen molar-refractivity contribution in [1.29, 1.82) is 0 Å². The molecular weight excluding hydrogens is 202 g/mol. The Hall–Kier alpha value is -1.42. The van der Waals surface area contributed by atoms with E-state index in [1.165, 1.54) is 0 Å². The number of pyridine rings is 1. The number of aromatic nitrogens is 3. The van der Waals surface area contributed by atoms with Crippen LogP contribution >= 0.6 is 0 Å². The van der Waals surface area contributed by atoms with Gasteiger partial charge in [0.2, 0.25) is 0 Å². The van der Waals surface area contributed by atoms with Crippen molar-refractivity contribution in [2.45, 2.75) is 20.3 Å². The number of fused-ring (bicyclic) bond motifs is 1. The quantitative estimate of drug-likeness (QED) is 0.856. The molecule has 2 heterocycles. The van der Waals surface area contributed by atoms with E-state index in [0.717, 1.165) is 35.6 Å². The molecule has 0 aliphatic heterocycles. The number of methoxy groups -OCH3 is 1. The maximum atomic E-state index is 5.11. The minimum Gasteiger partial charge on any atom is -0.384 e. The van der Waals surface area contributed by atoms with Crippen molar-refractivity contribution in [3.63, 3.8) is 0 Å². The van der Waals surface area contributed by atoms with Crippen molar-refractivity contribution in [3.05, 3.63) is 23.7 Å². The van der Waals surface area contributed by atoms with Crippen LogP contribution in [0, 0.1) is 12.8 Å². The van der Waals surface area contributed by atoms with Crippen LogP contribution in [-0.4, -0.2) is 28.7 Å². The number of hydrogen-bond acceptors (Lipinski definition) is 3. The summed E-state index contributed by atoms with van der Waals surface area (Å²) in [6, 6.07) is 2.07. The minimum absolute atomic E-state index is 0.464.